The second-order valence-corrected chi connectivity index (χ2v) is 8.52. The van der Waals surface area contributed by atoms with E-state index in [0.29, 0.717) is 17.1 Å². The minimum atomic E-state index is -4.40. The van der Waals surface area contributed by atoms with Crippen LogP contribution in [0.5, 0.6) is 0 Å². The summed E-state index contributed by atoms with van der Waals surface area (Å²) in [4.78, 5) is 9.06. The normalized spacial score (nSPS) is 11.5. The lowest BCUT2D eigenvalue weighted by atomic mass is 10.1. The van der Waals surface area contributed by atoms with Gasteiger partial charge in [-0.05, 0) is 59.2 Å². The fraction of sp³-hybridized carbons (Fsp3) is 0.0741. The average molecular weight is 489 g/mol. The van der Waals surface area contributed by atoms with Crippen molar-refractivity contribution in [1.29, 1.82) is 0 Å². The second kappa shape index (κ2) is 9.31. The Morgan fingerprint density at radius 2 is 1.66 bits per heavy atom. The van der Waals surface area contributed by atoms with Gasteiger partial charge in [-0.3, -0.25) is 9.38 Å². The van der Waals surface area contributed by atoms with Crippen molar-refractivity contribution >= 4 is 28.5 Å². The number of imidazole rings is 1. The molecule has 0 aliphatic carbocycles. The van der Waals surface area contributed by atoms with E-state index in [1.165, 1.54) is 6.07 Å². The number of pyridine rings is 2. The third-order valence-corrected chi connectivity index (χ3v) is 5.86. The smallest absolute Gasteiger partial charge is 0.350 e. The number of aromatic nitrogens is 3. The highest BCUT2D eigenvalue weighted by molar-refractivity contribution is 7.80. The molecule has 174 valence electrons. The Morgan fingerprint density at radius 1 is 0.886 bits per heavy atom. The van der Waals surface area contributed by atoms with Crippen LogP contribution in [0.15, 0.2) is 97.6 Å². The van der Waals surface area contributed by atoms with Crippen LogP contribution in [-0.2, 0) is 12.6 Å². The highest BCUT2D eigenvalue weighted by atomic mass is 32.1. The molecule has 0 bridgehead atoms. The number of alkyl halides is 3. The molecule has 0 amide bonds. The molecule has 2 aromatic carbocycles. The Labute approximate surface area is 205 Å². The molecule has 1 N–H and O–H groups in total. The van der Waals surface area contributed by atoms with Crippen LogP contribution >= 0.6 is 12.2 Å². The summed E-state index contributed by atoms with van der Waals surface area (Å²) >= 11 is 5.37. The fourth-order valence-corrected chi connectivity index (χ4v) is 4.16. The molecule has 0 aliphatic rings. The van der Waals surface area contributed by atoms with Gasteiger partial charge in [-0.15, -0.1) is 0 Å². The third-order valence-electron chi connectivity index (χ3n) is 5.61. The highest BCUT2D eigenvalue weighted by Gasteiger charge is 2.30. The van der Waals surface area contributed by atoms with Crippen molar-refractivity contribution in [2.75, 3.05) is 5.32 Å². The molecule has 5 aromatic rings. The van der Waals surface area contributed by atoms with Crippen LogP contribution in [-0.4, -0.2) is 19.4 Å². The zero-order valence-electron chi connectivity index (χ0n) is 18.3. The van der Waals surface area contributed by atoms with Crippen LogP contribution in [0.3, 0.4) is 0 Å². The maximum absolute atomic E-state index is 12.9. The number of hydrogen-bond donors (Lipinski definition) is 1. The molecule has 0 saturated carbocycles. The summed E-state index contributed by atoms with van der Waals surface area (Å²) in [6, 6.07) is 20.9. The lowest BCUT2D eigenvalue weighted by molar-refractivity contribution is -0.137. The lowest BCUT2D eigenvalue weighted by Crippen LogP contribution is -2.13. The van der Waals surface area contributed by atoms with E-state index in [1.54, 1.807) is 18.5 Å². The number of nitrogens with zero attached hydrogens (tertiary/aromatic N) is 3. The topological polar surface area (TPSA) is 42.2 Å². The Morgan fingerprint density at radius 3 is 2.40 bits per heavy atom. The van der Waals surface area contributed by atoms with Crippen LogP contribution in [0.25, 0.3) is 28.0 Å². The molecular weight excluding hydrogens is 469 g/mol. The molecule has 8 heteroatoms. The predicted molar refractivity (Wildman–Crippen MR) is 135 cm³/mol. The van der Waals surface area contributed by atoms with E-state index in [2.05, 4.69) is 15.3 Å². The quantitative estimate of drug-likeness (QED) is 0.269. The van der Waals surface area contributed by atoms with Gasteiger partial charge in [0.2, 0.25) is 0 Å². The number of fused-ring (bicyclic) bond motifs is 1. The van der Waals surface area contributed by atoms with Crippen molar-refractivity contribution in [3.63, 3.8) is 0 Å². The maximum atomic E-state index is 12.9. The summed E-state index contributed by atoms with van der Waals surface area (Å²) < 4.78 is 40.8. The molecule has 35 heavy (non-hydrogen) atoms. The van der Waals surface area contributed by atoms with Crippen LogP contribution in [0.1, 0.15) is 11.1 Å². The summed E-state index contributed by atoms with van der Waals surface area (Å²) in [5.74, 6) is 0. The van der Waals surface area contributed by atoms with Crippen molar-refractivity contribution in [3.05, 3.63) is 109 Å². The van der Waals surface area contributed by atoms with Crippen LogP contribution in [0, 0.1) is 0 Å². The van der Waals surface area contributed by atoms with E-state index in [4.69, 9.17) is 12.2 Å². The van der Waals surface area contributed by atoms with Gasteiger partial charge in [-0.2, -0.15) is 13.2 Å². The number of hydrogen-bond acceptors (Lipinski definition) is 3. The lowest BCUT2D eigenvalue weighted by Gasteiger charge is -2.12. The first-order valence-electron chi connectivity index (χ1n) is 10.8. The highest BCUT2D eigenvalue weighted by Crippen LogP contribution is 2.31. The minimum Gasteiger partial charge on any atom is -0.350 e. The molecule has 3 heterocycles. The summed E-state index contributed by atoms with van der Waals surface area (Å²) in [6.45, 7) is 0. The molecule has 0 fully saturated rings. The molecule has 0 unspecified atom stereocenters. The second-order valence-electron chi connectivity index (χ2n) is 8.02. The van der Waals surface area contributed by atoms with Crippen molar-refractivity contribution in [3.8, 4) is 22.4 Å². The van der Waals surface area contributed by atoms with Crippen molar-refractivity contribution in [2.24, 2.45) is 0 Å². The Kier molecular flexibility index (Phi) is 6.05. The van der Waals surface area contributed by atoms with Gasteiger partial charge >= 0.3 is 6.18 Å². The Balaban J connectivity index is 1.30. The van der Waals surface area contributed by atoms with E-state index in [-0.39, 0.29) is 0 Å². The molecule has 3 aromatic heterocycles. The van der Waals surface area contributed by atoms with Gasteiger partial charge in [0, 0.05) is 36.3 Å². The Bertz CT molecular complexity index is 1490. The zero-order chi connectivity index (χ0) is 24.4. The van der Waals surface area contributed by atoms with Crippen molar-refractivity contribution < 1.29 is 13.2 Å². The summed E-state index contributed by atoms with van der Waals surface area (Å²) in [7, 11) is 0. The summed E-state index contributed by atoms with van der Waals surface area (Å²) in [6.07, 6.45) is 3.37. The Hall–Kier alpha value is -4.04. The standard InChI is InChI=1S/C27H19F3N4S/c28-27(29,30)22-2-1-3-23(16-22)33-26(35)14-18-4-6-20(7-5-18)24-17-32-25-15-21(10-13-34(24)25)19-8-11-31-12-9-19/h1-13,15-17H,14H2,(H,33,35). The number of anilines is 1. The van der Waals surface area contributed by atoms with E-state index in [1.807, 2.05) is 65.3 Å². The molecule has 5 rings (SSSR count). The third kappa shape index (κ3) is 5.07. The first kappa shape index (κ1) is 22.7. The van der Waals surface area contributed by atoms with Crippen LogP contribution < -0.4 is 5.32 Å². The molecule has 0 radical (unpaired) electrons. The SMILES string of the molecule is FC(F)(F)c1cccc(NC(=S)Cc2ccc(-c3cnc4cc(-c5ccncc5)ccn34)cc2)c1. The van der Waals surface area contributed by atoms with Crippen molar-refractivity contribution in [1.82, 2.24) is 14.4 Å². The van der Waals surface area contributed by atoms with Gasteiger partial charge in [0.05, 0.1) is 22.4 Å². The van der Waals surface area contributed by atoms with E-state index < -0.39 is 11.7 Å². The first-order chi connectivity index (χ1) is 16.9. The van der Waals surface area contributed by atoms with Crippen molar-refractivity contribution in [2.45, 2.75) is 12.6 Å². The van der Waals surface area contributed by atoms with Gasteiger partial charge in [-0.25, -0.2) is 4.98 Å². The van der Waals surface area contributed by atoms with Gasteiger partial charge in [0.1, 0.15) is 5.65 Å². The van der Waals surface area contributed by atoms with Crippen LogP contribution in [0.4, 0.5) is 18.9 Å². The zero-order valence-corrected chi connectivity index (χ0v) is 19.1. The minimum absolute atomic E-state index is 0.318. The number of nitrogens with one attached hydrogen (secondary N) is 1. The van der Waals surface area contributed by atoms with E-state index in [9.17, 15) is 13.2 Å². The van der Waals surface area contributed by atoms with Gasteiger partial charge in [-0.1, -0.05) is 42.5 Å². The average Bonchev–Trinajstić information content (AvgIpc) is 3.28. The van der Waals surface area contributed by atoms with Gasteiger partial charge < -0.3 is 5.32 Å². The van der Waals surface area contributed by atoms with Gasteiger partial charge in [0.25, 0.3) is 0 Å². The van der Waals surface area contributed by atoms with Gasteiger partial charge in [0.15, 0.2) is 0 Å². The van der Waals surface area contributed by atoms with Crippen LogP contribution in [0.2, 0.25) is 0 Å². The molecule has 4 nitrogen and oxygen atoms in total. The number of benzene rings is 2. The maximum Gasteiger partial charge on any atom is 0.416 e. The molecule has 0 spiro atoms. The molecule has 0 atom stereocenters. The van der Waals surface area contributed by atoms with E-state index in [0.717, 1.165) is 45.7 Å². The molecule has 0 saturated heterocycles. The monoisotopic (exact) mass is 488 g/mol. The fourth-order valence-electron chi connectivity index (χ4n) is 3.88. The molecular formula is C27H19F3N4S. The molecule has 0 aliphatic heterocycles. The largest absolute Gasteiger partial charge is 0.416 e. The van der Waals surface area contributed by atoms with E-state index >= 15 is 0 Å². The first-order valence-corrected chi connectivity index (χ1v) is 11.2. The summed E-state index contributed by atoms with van der Waals surface area (Å²) in [5.41, 5.74) is 5.48. The number of rotatable bonds is 5. The number of thiocarbonyl (C=S) groups is 1. The predicted octanol–water partition coefficient (Wildman–Crippen LogP) is 7.06. The number of halogens is 3. The summed E-state index contributed by atoms with van der Waals surface area (Å²) in [5, 5.41) is 2.90.